The van der Waals surface area contributed by atoms with Gasteiger partial charge in [0.15, 0.2) is 0 Å². The lowest BCUT2D eigenvalue weighted by Crippen LogP contribution is -2.20. The van der Waals surface area contributed by atoms with Gasteiger partial charge in [0, 0.05) is 22.5 Å². The average molecular weight is 405 g/mol. The Kier molecular flexibility index (Phi) is 5.29. The van der Waals surface area contributed by atoms with E-state index in [1.165, 1.54) is 0 Å². The molecule has 1 heterocycles. The molecule has 0 bridgehead atoms. The van der Waals surface area contributed by atoms with E-state index in [-0.39, 0.29) is 17.1 Å². The van der Waals surface area contributed by atoms with E-state index >= 15 is 0 Å². The van der Waals surface area contributed by atoms with E-state index in [0.29, 0.717) is 10.6 Å². The third-order valence-corrected chi connectivity index (χ3v) is 4.11. The normalized spacial score (nSPS) is 11.0. The largest absolute Gasteiger partial charge is 0.416 e. The predicted molar refractivity (Wildman–Crippen MR) is 100 cm³/mol. The maximum absolute atomic E-state index is 12.6. The molecular weight excluding hydrogens is 393 g/mol. The number of benzene rings is 2. The van der Waals surface area contributed by atoms with E-state index in [2.05, 4.69) is 15.6 Å². The summed E-state index contributed by atoms with van der Waals surface area (Å²) in [5.41, 5.74) is 0.873. The van der Waals surface area contributed by atoms with Gasteiger partial charge in [-0.1, -0.05) is 23.7 Å². The first-order chi connectivity index (χ1) is 13.3. The highest BCUT2D eigenvalue weighted by atomic mass is 35.5. The van der Waals surface area contributed by atoms with Gasteiger partial charge >= 0.3 is 12.2 Å². The van der Waals surface area contributed by atoms with E-state index in [4.69, 9.17) is 11.6 Å². The molecule has 2 amide bonds. The summed E-state index contributed by atoms with van der Waals surface area (Å²) in [5.74, 6) is 0.164. The summed E-state index contributed by atoms with van der Waals surface area (Å²) in [6.45, 7) is 0. The number of H-pyrrole nitrogens is 1. The Morgan fingerprint density at radius 1 is 1.04 bits per heavy atom. The SMILES string of the molecule is N#Cc1c(-c2ccc(Cl)cc2)c[nH]c1NC(=O)Nc1ccc(C(F)(F)F)cc1. The number of aromatic amines is 1. The molecule has 5 nitrogen and oxygen atoms in total. The number of nitrogens with zero attached hydrogens (tertiary/aromatic N) is 1. The van der Waals surface area contributed by atoms with E-state index in [0.717, 1.165) is 29.8 Å². The molecule has 0 aliphatic heterocycles. The summed E-state index contributed by atoms with van der Waals surface area (Å²) in [7, 11) is 0. The van der Waals surface area contributed by atoms with Crippen molar-refractivity contribution in [1.82, 2.24) is 4.98 Å². The van der Waals surface area contributed by atoms with Crippen LogP contribution in [0, 0.1) is 11.3 Å². The van der Waals surface area contributed by atoms with Gasteiger partial charge in [0.25, 0.3) is 0 Å². The molecular formula is C19H12ClF3N4O. The topological polar surface area (TPSA) is 80.7 Å². The summed E-state index contributed by atoms with van der Waals surface area (Å²) in [6.07, 6.45) is -2.89. The van der Waals surface area contributed by atoms with Crippen molar-refractivity contribution >= 4 is 29.1 Å². The molecule has 0 saturated heterocycles. The number of nitriles is 1. The van der Waals surface area contributed by atoms with Gasteiger partial charge in [0.2, 0.25) is 0 Å². The minimum Gasteiger partial charge on any atom is -0.346 e. The van der Waals surface area contributed by atoms with Gasteiger partial charge in [-0.2, -0.15) is 18.4 Å². The zero-order chi connectivity index (χ0) is 20.3. The number of nitrogens with one attached hydrogen (secondary N) is 3. The Morgan fingerprint density at radius 3 is 2.25 bits per heavy atom. The molecule has 3 N–H and O–H groups in total. The van der Waals surface area contributed by atoms with Gasteiger partial charge in [-0.15, -0.1) is 0 Å². The number of amides is 2. The highest BCUT2D eigenvalue weighted by molar-refractivity contribution is 6.30. The second kappa shape index (κ2) is 7.66. The first-order valence-corrected chi connectivity index (χ1v) is 8.28. The van der Waals surface area contributed by atoms with Crippen molar-refractivity contribution in [2.75, 3.05) is 10.6 Å². The van der Waals surface area contributed by atoms with Gasteiger partial charge in [0.1, 0.15) is 17.5 Å². The maximum Gasteiger partial charge on any atom is 0.416 e. The minimum absolute atomic E-state index is 0.164. The second-order valence-corrected chi connectivity index (χ2v) is 6.16. The van der Waals surface area contributed by atoms with Crippen molar-refractivity contribution in [1.29, 1.82) is 5.26 Å². The predicted octanol–water partition coefficient (Wildman–Crippen LogP) is 5.87. The fraction of sp³-hybridized carbons (Fsp3) is 0.0526. The molecule has 28 heavy (non-hydrogen) atoms. The number of carbonyl (C=O) groups is 1. The van der Waals surface area contributed by atoms with Crippen LogP contribution < -0.4 is 10.6 Å². The standard InChI is InChI=1S/C19H12ClF3N4O/c20-13-5-1-11(2-6-13)16-10-25-17(15(16)9-24)27-18(28)26-14-7-3-12(4-8-14)19(21,22)23/h1-8,10,25H,(H2,26,27,28). The summed E-state index contributed by atoms with van der Waals surface area (Å²) in [5, 5.41) is 14.9. The highest BCUT2D eigenvalue weighted by Crippen LogP contribution is 2.31. The lowest BCUT2D eigenvalue weighted by molar-refractivity contribution is -0.137. The number of hydrogen-bond acceptors (Lipinski definition) is 2. The zero-order valence-electron chi connectivity index (χ0n) is 14.1. The molecule has 0 aliphatic rings. The molecule has 1 aromatic heterocycles. The van der Waals surface area contributed by atoms with Crippen LogP contribution in [-0.4, -0.2) is 11.0 Å². The lowest BCUT2D eigenvalue weighted by atomic mass is 10.1. The molecule has 0 saturated carbocycles. The number of anilines is 2. The summed E-state index contributed by atoms with van der Waals surface area (Å²) < 4.78 is 37.7. The van der Waals surface area contributed by atoms with Gasteiger partial charge in [-0.05, 0) is 42.0 Å². The lowest BCUT2D eigenvalue weighted by Gasteiger charge is -2.09. The molecule has 0 spiro atoms. The Bertz CT molecular complexity index is 1040. The third-order valence-electron chi connectivity index (χ3n) is 3.86. The van der Waals surface area contributed by atoms with Crippen molar-refractivity contribution in [3.63, 3.8) is 0 Å². The smallest absolute Gasteiger partial charge is 0.346 e. The van der Waals surface area contributed by atoms with Crippen LogP contribution in [0.3, 0.4) is 0 Å². The summed E-state index contributed by atoms with van der Waals surface area (Å²) in [6, 6.07) is 12.1. The fourth-order valence-electron chi connectivity index (χ4n) is 2.51. The van der Waals surface area contributed by atoms with Gasteiger partial charge in [-0.3, -0.25) is 5.32 Å². The summed E-state index contributed by atoms with van der Waals surface area (Å²) in [4.78, 5) is 14.9. The van der Waals surface area contributed by atoms with Crippen LogP contribution in [0.2, 0.25) is 5.02 Å². The number of urea groups is 1. The van der Waals surface area contributed by atoms with Crippen LogP contribution in [0.4, 0.5) is 29.5 Å². The number of alkyl halides is 3. The van der Waals surface area contributed by atoms with Crippen LogP contribution in [-0.2, 0) is 6.18 Å². The number of rotatable bonds is 3. The third kappa shape index (κ3) is 4.27. The fourth-order valence-corrected chi connectivity index (χ4v) is 2.64. The van der Waals surface area contributed by atoms with Crippen molar-refractivity contribution in [2.45, 2.75) is 6.18 Å². The van der Waals surface area contributed by atoms with Crippen molar-refractivity contribution in [2.24, 2.45) is 0 Å². The molecule has 3 aromatic rings. The number of aromatic nitrogens is 1. The number of halogens is 4. The van der Waals surface area contributed by atoms with Crippen molar-refractivity contribution in [3.8, 4) is 17.2 Å². The van der Waals surface area contributed by atoms with Crippen molar-refractivity contribution in [3.05, 3.63) is 70.9 Å². The molecule has 0 unspecified atom stereocenters. The van der Waals surface area contributed by atoms with E-state index in [1.807, 2.05) is 6.07 Å². The molecule has 0 aliphatic carbocycles. The monoisotopic (exact) mass is 404 g/mol. The van der Waals surface area contributed by atoms with Crippen LogP contribution in [0.5, 0.6) is 0 Å². The van der Waals surface area contributed by atoms with Crippen LogP contribution >= 0.6 is 11.6 Å². The van der Waals surface area contributed by atoms with Gasteiger partial charge < -0.3 is 10.3 Å². The molecule has 142 valence electrons. The highest BCUT2D eigenvalue weighted by Gasteiger charge is 2.30. The second-order valence-electron chi connectivity index (χ2n) is 5.73. The average Bonchev–Trinajstić information content (AvgIpc) is 3.04. The molecule has 0 fully saturated rings. The Labute approximate surface area is 162 Å². The first-order valence-electron chi connectivity index (χ1n) is 7.90. The quantitative estimate of drug-likeness (QED) is 0.510. The molecule has 9 heteroatoms. The zero-order valence-corrected chi connectivity index (χ0v) is 14.8. The molecule has 0 atom stereocenters. The Balaban J connectivity index is 1.74. The van der Waals surface area contributed by atoms with Crippen LogP contribution in [0.25, 0.3) is 11.1 Å². The van der Waals surface area contributed by atoms with Crippen LogP contribution in [0.1, 0.15) is 11.1 Å². The first kappa shape index (κ1) is 19.3. The Morgan fingerprint density at radius 2 is 1.68 bits per heavy atom. The van der Waals surface area contributed by atoms with Gasteiger partial charge in [0.05, 0.1) is 5.56 Å². The van der Waals surface area contributed by atoms with E-state index < -0.39 is 17.8 Å². The number of carbonyl (C=O) groups excluding carboxylic acids is 1. The molecule has 3 rings (SSSR count). The summed E-state index contributed by atoms with van der Waals surface area (Å²) >= 11 is 5.86. The molecule has 0 radical (unpaired) electrons. The maximum atomic E-state index is 12.6. The van der Waals surface area contributed by atoms with Crippen molar-refractivity contribution < 1.29 is 18.0 Å². The molecule has 2 aromatic carbocycles. The Hall–Kier alpha value is -3.44. The number of hydrogen-bond donors (Lipinski definition) is 3. The van der Waals surface area contributed by atoms with Gasteiger partial charge in [-0.25, -0.2) is 4.79 Å². The van der Waals surface area contributed by atoms with E-state index in [1.54, 1.807) is 30.5 Å². The van der Waals surface area contributed by atoms with E-state index in [9.17, 15) is 23.2 Å². The minimum atomic E-state index is -4.45. The van der Waals surface area contributed by atoms with Crippen LogP contribution in [0.15, 0.2) is 54.7 Å².